The number of hydrogen-bond acceptors (Lipinski definition) is 5. The van der Waals surface area contributed by atoms with Crippen LogP contribution >= 0.6 is 11.3 Å². The first-order valence-corrected chi connectivity index (χ1v) is 13.5. The number of benzene rings is 1. The molecule has 0 radical (unpaired) electrons. The number of hydrogen-bond donors (Lipinski definition) is 1. The molecule has 4 aliphatic carbocycles. The van der Waals surface area contributed by atoms with Crippen LogP contribution in [0.15, 0.2) is 24.3 Å². The van der Waals surface area contributed by atoms with E-state index in [0.29, 0.717) is 24.5 Å². The van der Waals surface area contributed by atoms with Crippen molar-refractivity contribution in [2.24, 2.45) is 28.6 Å². The predicted octanol–water partition coefficient (Wildman–Crippen LogP) is 6.09. The van der Waals surface area contributed by atoms with Gasteiger partial charge in [-0.3, -0.25) is 0 Å². The topological polar surface area (TPSA) is 51.6 Å². The molecule has 0 unspecified atom stereocenters. The highest BCUT2D eigenvalue weighted by molar-refractivity contribution is 7.16. The molecule has 1 N–H and O–H groups in total. The minimum Gasteiger partial charge on any atom is -0.454 e. The molecule has 0 spiro atoms. The van der Waals surface area contributed by atoms with Gasteiger partial charge < -0.3 is 14.6 Å². The summed E-state index contributed by atoms with van der Waals surface area (Å²) in [5.41, 5.74) is 2.96. The molecule has 2 fully saturated rings. The lowest BCUT2D eigenvalue weighted by Gasteiger charge is -2.57. The second-order valence-electron chi connectivity index (χ2n) is 11.5. The summed E-state index contributed by atoms with van der Waals surface area (Å²) in [6.45, 7) is 5.06. The molecule has 2 aromatic rings. The highest BCUT2D eigenvalue weighted by Gasteiger charge is 2.63. The molecule has 5 aliphatic rings. The molecule has 1 aliphatic heterocycles. The van der Waals surface area contributed by atoms with Crippen molar-refractivity contribution in [3.05, 3.63) is 34.8 Å². The van der Waals surface area contributed by atoms with Crippen molar-refractivity contribution in [3.63, 3.8) is 0 Å². The standard InChI is InChI=1S/C29H31NO3S/c1-4-29(31)14-10-20-18-6-7-21-25-22(11-12-27(21,2)19(18)9-13-28(20,29)3)30-26(34-25)17-5-8-23-24(15-17)33-16-32-23/h1,5,7-8,15,18-20,31H,6,9-14,16H2,2-3H3/t18-,19+,20+,27-,28+,29+/m1/s1. The van der Waals surface area contributed by atoms with Crippen LogP contribution in [0.4, 0.5) is 0 Å². The number of thiazole rings is 1. The van der Waals surface area contributed by atoms with Gasteiger partial charge in [0.05, 0.1) is 10.6 Å². The van der Waals surface area contributed by atoms with E-state index in [1.54, 1.807) is 0 Å². The lowest BCUT2D eigenvalue weighted by molar-refractivity contribution is -0.0886. The number of terminal acetylenes is 1. The summed E-state index contributed by atoms with van der Waals surface area (Å²) in [4.78, 5) is 6.48. The third-order valence-electron chi connectivity index (χ3n) is 10.3. The van der Waals surface area contributed by atoms with Gasteiger partial charge in [0.25, 0.3) is 0 Å². The molecule has 2 heterocycles. The zero-order valence-electron chi connectivity index (χ0n) is 19.9. The Morgan fingerprint density at radius 2 is 1.94 bits per heavy atom. The third kappa shape index (κ3) is 2.57. The number of allylic oxidation sites excluding steroid dienone is 2. The summed E-state index contributed by atoms with van der Waals surface area (Å²) in [5, 5.41) is 12.3. The van der Waals surface area contributed by atoms with Crippen molar-refractivity contribution >= 4 is 16.9 Å². The van der Waals surface area contributed by atoms with E-state index < -0.39 is 5.60 Å². The lowest BCUT2D eigenvalue weighted by atomic mass is 9.47. The highest BCUT2D eigenvalue weighted by Crippen LogP contribution is 2.68. The van der Waals surface area contributed by atoms with Crippen LogP contribution in [-0.4, -0.2) is 22.5 Å². The van der Waals surface area contributed by atoms with Gasteiger partial charge in [-0.25, -0.2) is 4.98 Å². The second-order valence-corrected chi connectivity index (χ2v) is 12.5. The smallest absolute Gasteiger partial charge is 0.231 e. The number of rotatable bonds is 1. The van der Waals surface area contributed by atoms with Crippen LogP contribution in [0.25, 0.3) is 16.1 Å². The van der Waals surface area contributed by atoms with E-state index >= 15 is 0 Å². The average Bonchev–Trinajstić information content (AvgIpc) is 3.54. The summed E-state index contributed by atoms with van der Waals surface area (Å²) < 4.78 is 11.1. The largest absolute Gasteiger partial charge is 0.454 e. The van der Waals surface area contributed by atoms with E-state index in [-0.39, 0.29) is 10.8 Å². The zero-order chi connectivity index (χ0) is 23.3. The Hall–Kier alpha value is -2.29. The molecule has 0 bridgehead atoms. The Morgan fingerprint density at radius 3 is 2.79 bits per heavy atom. The van der Waals surface area contributed by atoms with Gasteiger partial charge in [0.1, 0.15) is 10.6 Å². The third-order valence-corrected chi connectivity index (χ3v) is 11.5. The molecular weight excluding hydrogens is 442 g/mol. The first kappa shape index (κ1) is 21.0. The molecule has 2 saturated carbocycles. The fourth-order valence-electron chi connectivity index (χ4n) is 8.28. The van der Waals surface area contributed by atoms with Gasteiger partial charge in [-0.05, 0) is 91.9 Å². The number of nitrogens with zero attached hydrogens (tertiary/aromatic N) is 1. The fraction of sp³-hybridized carbons (Fsp3) is 0.552. The number of ether oxygens (including phenoxy) is 2. The molecule has 176 valence electrons. The Kier molecular flexibility index (Phi) is 4.26. The van der Waals surface area contributed by atoms with Crippen molar-refractivity contribution in [1.29, 1.82) is 0 Å². The van der Waals surface area contributed by atoms with Crippen molar-refractivity contribution in [1.82, 2.24) is 4.98 Å². The van der Waals surface area contributed by atoms with Gasteiger partial charge >= 0.3 is 0 Å². The van der Waals surface area contributed by atoms with Gasteiger partial charge in [-0.1, -0.05) is 25.8 Å². The average molecular weight is 474 g/mol. The number of fused-ring (bicyclic) bond motifs is 8. The molecule has 0 amide bonds. The Labute approximate surface area is 205 Å². The van der Waals surface area contributed by atoms with E-state index in [9.17, 15) is 5.11 Å². The molecule has 6 atom stereocenters. The number of aryl methyl sites for hydroxylation is 1. The van der Waals surface area contributed by atoms with Gasteiger partial charge in [-0.2, -0.15) is 0 Å². The molecule has 1 aromatic heterocycles. The van der Waals surface area contributed by atoms with E-state index in [2.05, 4.69) is 38.0 Å². The maximum atomic E-state index is 11.3. The van der Waals surface area contributed by atoms with Crippen LogP contribution in [0.3, 0.4) is 0 Å². The normalized spacial score (nSPS) is 39.4. The number of aromatic nitrogens is 1. The summed E-state index contributed by atoms with van der Waals surface area (Å²) in [5.74, 6) is 6.19. The van der Waals surface area contributed by atoms with Crippen LogP contribution in [-0.2, 0) is 6.42 Å². The van der Waals surface area contributed by atoms with Gasteiger partial charge in [0, 0.05) is 11.0 Å². The van der Waals surface area contributed by atoms with Crippen LogP contribution in [0.5, 0.6) is 11.5 Å². The van der Waals surface area contributed by atoms with E-state index in [0.717, 1.165) is 67.0 Å². The second kappa shape index (κ2) is 6.89. The molecule has 5 heteroatoms. The first-order valence-electron chi connectivity index (χ1n) is 12.7. The van der Waals surface area contributed by atoms with Crippen LogP contribution in [0, 0.1) is 40.9 Å². The minimum atomic E-state index is -0.940. The van der Waals surface area contributed by atoms with Gasteiger partial charge in [0.2, 0.25) is 6.79 Å². The maximum Gasteiger partial charge on any atom is 0.231 e. The summed E-state index contributed by atoms with van der Waals surface area (Å²) in [6, 6.07) is 6.15. The van der Waals surface area contributed by atoms with Crippen LogP contribution < -0.4 is 9.47 Å². The summed E-state index contributed by atoms with van der Waals surface area (Å²) in [7, 11) is 0. The van der Waals surface area contributed by atoms with Crippen molar-refractivity contribution < 1.29 is 14.6 Å². The van der Waals surface area contributed by atoms with E-state index in [4.69, 9.17) is 20.9 Å². The Balaban J connectivity index is 1.25. The zero-order valence-corrected chi connectivity index (χ0v) is 20.7. The molecule has 7 rings (SSSR count). The molecule has 1 aromatic carbocycles. The molecule has 4 nitrogen and oxygen atoms in total. The van der Waals surface area contributed by atoms with Crippen LogP contribution in [0.2, 0.25) is 0 Å². The Morgan fingerprint density at radius 1 is 1.12 bits per heavy atom. The quantitative estimate of drug-likeness (QED) is 0.510. The first-order chi connectivity index (χ1) is 16.4. The fourth-order valence-corrected chi connectivity index (χ4v) is 9.57. The number of aliphatic hydroxyl groups is 1. The van der Waals surface area contributed by atoms with Gasteiger partial charge in [0.15, 0.2) is 11.5 Å². The summed E-state index contributed by atoms with van der Waals surface area (Å²) >= 11 is 1.84. The monoisotopic (exact) mass is 473 g/mol. The SMILES string of the molecule is C#C[C@]1(O)CC[C@H]2[C@@H]3CC=C4c5sc(-c6ccc7c(c6)OCO7)nc5CC[C@]4(C)[C@H]3CC[C@@]21C. The molecule has 0 saturated heterocycles. The van der Waals surface area contributed by atoms with E-state index in [1.165, 1.54) is 16.1 Å². The van der Waals surface area contributed by atoms with Gasteiger partial charge in [-0.15, -0.1) is 17.8 Å². The van der Waals surface area contributed by atoms with Crippen molar-refractivity contribution in [2.45, 2.75) is 64.4 Å². The molecule has 34 heavy (non-hydrogen) atoms. The maximum absolute atomic E-state index is 11.3. The lowest BCUT2D eigenvalue weighted by Crippen LogP contribution is -2.53. The van der Waals surface area contributed by atoms with Crippen molar-refractivity contribution in [3.8, 4) is 34.4 Å². The highest BCUT2D eigenvalue weighted by atomic mass is 32.1. The predicted molar refractivity (Wildman–Crippen MR) is 134 cm³/mol. The Bertz CT molecular complexity index is 1270. The van der Waals surface area contributed by atoms with Crippen molar-refractivity contribution in [2.75, 3.05) is 6.79 Å². The minimum absolute atomic E-state index is 0.151. The molecular formula is C29H31NO3S. The van der Waals surface area contributed by atoms with Crippen LogP contribution in [0.1, 0.15) is 62.9 Å². The summed E-state index contributed by atoms with van der Waals surface area (Å²) in [6.07, 6.45) is 15.6. The van der Waals surface area contributed by atoms with E-state index in [1.807, 2.05) is 17.4 Å².